The van der Waals surface area contributed by atoms with Crippen molar-refractivity contribution in [2.24, 2.45) is 0 Å². The number of piperazine rings is 1. The van der Waals surface area contributed by atoms with Gasteiger partial charge in [-0.1, -0.05) is 12.1 Å². The van der Waals surface area contributed by atoms with E-state index in [1.807, 2.05) is 38.1 Å². The first-order valence-corrected chi connectivity index (χ1v) is 7.86. The molecule has 23 heavy (non-hydrogen) atoms. The molecule has 0 saturated carbocycles. The number of carbonyl (C=O) groups is 2. The van der Waals surface area contributed by atoms with Gasteiger partial charge in [0.15, 0.2) is 0 Å². The van der Waals surface area contributed by atoms with E-state index in [1.54, 1.807) is 9.80 Å². The Morgan fingerprint density at radius 3 is 2.13 bits per heavy atom. The molecule has 2 rings (SSSR count). The zero-order valence-electron chi connectivity index (χ0n) is 13.9. The number of benzene rings is 1. The van der Waals surface area contributed by atoms with E-state index in [1.165, 1.54) is 7.11 Å². The quantitative estimate of drug-likeness (QED) is 0.850. The predicted octanol–water partition coefficient (Wildman–Crippen LogP) is 1.93. The Balaban J connectivity index is 1.84. The molecule has 0 bridgehead atoms. The van der Waals surface area contributed by atoms with Crippen LogP contribution in [0.15, 0.2) is 24.3 Å². The van der Waals surface area contributed by atoms with E-state index in [0.29, 0.717) is 32.6 Å². The zero-order chi connectivity index (χ0) is 16.8. The lowest BCUT2D eigenvalue weighted by Crippen LogP contribution is -2.50. The molecular formula is C17H24N2O4. The van der Waals surface area contributed by atoms with Crippen molar-refractivity contribution >= 4 is 12.0 Å². The maximum atomic E-state index is 12.3. The Labute approximate surface area is 137 Å². The van der Waals surface area contributed by atoms with Crippen molar-refractivity contribution in [2.75, 3.05) is 33.3 Å². The maximum Gasteiger partial charge on any atom is 0.409 e. The van der Waals surface area contributed by atoms with Crippen LogP contribution in [0.5, 0.6) is 5.75 Å². The number of rotatable bonds is 4. The number of hydrogen-bond donors (Lipinski definition) is 0. The van der Waals surface area contributed by atoms with Crippen molar-refractivity contribution in [3.05, 3.63) is 29.8 Å². The summed E-state index contributed by atoms with van der Waals surface area (Å²) in [7, 11) is 1.37. The van der Waals surface area contributed by atoms with Gasteiger partial charge in [0.1, 0.15) is 5.75 Å². The van der Waals surface area contributed by atoms with Gasteiger partial charge in [-0.05, 0) is 31.5 Å². The summed E-state index contributed by atoms with van der Waals surface area (Å²) in [6.07, 6.45) is 0.159. The lowest BCUT2D eigenvalue weighted by atomic mass is 10.1. The fourth-order valence-corrected chi connectivity index (χ4v) is 2.51. The standard InChI is InChI=1S/C17H24N2O4/c1-13(2)23-15-6-4-14(5-7-15)12-16(20)18-8-10-19(11-9-18)17(21)22-3/h4-7,13H,8-12H2,1-3H3. The molecule has 1 fully saturated rings. The third kappa shape index (κ3) is 4.87. The SMILES string of the molecule is COC(=O)N1CCN(C(=O)Cc2ccc(OC(C)C)cc2)CC1. The molecule has 1 heterocycles. The van der Waals surface area contributed by atoms with Gasteiger partial charge in [-0.2, -0.15) is 0 Å². The van der Waals surface area contributed by atoms with Crippen molar-refractivity contribution < 1.29 is 19.1 Å². The molecule has 126 valence electrons. The van der Waals surface area contributed by atoms with Crippen LogP contribution in [0.3, 0.4) is 0 Å². The van der Waals surface area contributed by atoms with Gasteiger partial charge < -0.3 is 19.3 Å². The highest BCUT2D eigenvalue weighted by molar-refractivity contribution is 5.79. The summed E-state index contributed by atoms with van der Waals surface area (Å²) in [5, 5.41) is 0. The lowest BCUT2D eigenvalue weighted by Gasteiger charge is -2.33. The van der Waals surface area contributed by atoms with Crippen LogP contribution in [0.25, 0.3) is 0 Å². The summed E-state index contributed by atoms with van der Waals surface area (Å²) in [4.78, 5) is 27.2. The molecule has 0 atom stereocenters. The highest BCUT2D eigenvalue weighted by Gasteiger charge is 2.24. The smallest absolute Gasteiger partial charge is 0.409 e. The van der Waals surface area contributed by atoms with Gasteiger partial charge in [-0.3, -0.25) is 4.79 Å². The largest absolute Gasteiger partial charge is 0.491 e. The normalized spacial score (nSPS) is 14.8. The Morgan fingerprint density at radius 1 is 1.04 bits per heavy atom. The van der Waals surface area contributed by atoms with Crippen LogP contribution >= 0.6 is 0 Å². The molecule has 0 unspecified atom stereocenters. The van der Waals surface area contributed by atoms with Gasteiger partial charge in [0.2, 0.25) is 5.91 Å². The van der Waals surface area contributed by atoms with E-state index in [-0.39, 0.29) is 18.1 Å². The fourth-order valence-electron chi connectivity index (χ4n) is 2.51. The summed E-state index contributed by atoms with van der Waals surface area (Å²) in [6.45, 7) is 6.07. The van der Waals surface area contributed by atoms with Crippen LogP contribution in [0.4, 0.5) is 4.79 Å². The summed E-state index contributed by atoms with van der Waals surface area (Å²) in [5.74, 6) is 0.884. The van der Waals surface area contributed by atoms with Crippen LogP contribution in [-0.4, -0.2) is 61.2 Å². The first kappa shape index (κ1) is 17.1. The van der Waals surface area contributed by atoms with Crippen molar-refractivity contribution in [3.63, 3.8) is 0 Å². The number of carbonyl (C=O) groups excluding carboxylic acids is 2. The second-order valence-electron chi connectivity index (χ2n) is 5.83. The second-order valence-corrected chi connectivity index (χ2v) is 5.83. The monoisotopic (exact) mass is 320 g/mol. The molecule has 6 heteroatoms. The van der Waals surface area contributed by atoms with E-state index in [4.69, 9.17) is 9.47 Å². The molecule has 0 radical (unpaired) electrons. The number of nitrogens with zero attached hydrogens (tertiary/aromatic N) is 2. The molecule has 1 aromatic carbocycles. The average Bonchev–Trinajstić information content (AvgIpc) is 2.55. The molecule has 1 aliphatic rings. The third-order valence-corrected chi connectivity index (χ3v) is 3.72. The molecule has 0 aliphatic carbocycles. The van der Waals surface area contributed by atoms with Crippen LogP contribution in [0.1, 0.15) is 19.4 Å². The summed E-state index contributed by atoms with van der Waals surface area (Å²) >= 11 is 0. The minimum atomic E-state index is -0.335. The lowest BCUT2D eigenvalue weighted by molar-refractivity contribution is -0.132. The number of hydrogen-bond acceptors (Lipinski definition) is 4. The van der Waals surface area contributed by atoms with Crippen LogP contribution in [0, 0.1) is 0 Å². The third-order valence-electron chi connectivity index (χ3n) is 3.72. The van der Waals surface area contributed by atoms with Gasteiger partial charge >= 0.3 is 6.09 Å². The first-order chi connectivity index (χ1) is 11.0. The van der Waals surface area contributed by atoms with Gasteiger partial charge in [-0.25, -0.2) is 4.79 Å². The summed E-state index contributed by atoms with van der Waals surface area (Å²) in [5.41, 5.74) is 0.960. The topological polar surface area (TPSA) is 59.1 Å². The minimum Gasteiger partial charge on any atom is -0.491 e. The van der Waals surface area contributed by atoms with E-state index in [2.05, 4.69) is 0 Å². The van der Waals surface area contributed by atoms with Crippen molar-refractivity contribution in [3.8, 4) is 5.75 Å². The Hall–Kier alpha value is -2.24. The molecule has 0 N–H and O–H groups in total. The van der Waals surface area contributed by atoms with Crippen LogP contribution in [-0.2, 0) is 16.0 Å². The van der Waals surface area contributed by atoms with E-state index >= 15 is 0 Å². The van der Waals surface area contributed by atoms with Crippen LogP contribution < -0.4 is 4.74 Å². The van der Waals surface area contributed by atoms with Crippen LogP contribution in [0.2, 0.25) is 0 Å². The average molecular weight is 320 g/mol. The molecule has 1 aliphatic heterocycles. The van der Waals surface area contributed by atoms with Crippen molar-refractivity contribution in [1.29, 1.82) is 0 Å². The first-order valence-electron chi connectivity index (χ1n) is 7.86. The number of methoxy groups -OCH3 is 1. The summed E-state index contributed by atoms with van der Waals surface area (Å²) in [6, 6.07) is 7.61. The Morgan fingerprint density at radius 2 is 1.61 bits per heavy atom. The predicted molar refractivity (Wildman–Crippen MR) is 86.5 cm³/mol. The highest BCUT2D eigenvalue weighted by Crippen LogP contribution is 2.15. The molecule has 1 saturated heterocycles. The summed E-state index contributed by atoms with van der Waals surface area (Å²) < 4.78 is 10.3. The van der Waals surface area contributed by atoms with Gasteiger partial charge in [-0.15, -0.1) is 0 Å². The Kier molecular flexibility index (Phi) is 5.84. The van der Waals surface area contributed by atoms with Gasteiger partial charge in [0.25, 0.3) is 0 Å². The Bertz CT molecular complexity index is 534. The van der Waals surface area contributed by atoms with Crippen molar-refractivity contribution in [2.45, 2.75) is 26.4 Å². The van der Waals surface area contributed by atoms with Gasteiger partial charge in [0, 0.05) is 26.2 Å². The zero-order valence-corrected chi connectivity index (χ0v) is 13.9. The molecule has 0 aromatic heterocycles. The second kappa shape index (κ2) is 7.85. The molecule has 0 spiro atoms. The number of amides is 2. The maximum absolute atomic E-state index is 12.3. The fraction of sp³-hybridized carbons (Fsp3) is 0.529. The van der Waals surface area contributed by atoms with E-state index in [0.717, 1.165) is 11.3 Å². The molecule has 2 amide bonds. The van der Waals surface area contributed by atoms with Gasteiger partial charge in [0.05, 0.1) is 19.6 Å². The highest BCUT2D eigenvalue weighted by atomic mass is 16.5. The molecule has 6 nitrogen and oxygen atoms in total. The minimum absolute atomic E-state index is 0.0760. The molecular weight excluding hydrogens is 296 g/mol. The van der Waals surface area contributed by atoms with Crippen molar-refractivity contribution in [1.82, 2.24) is 9.80 Å². The van der Waals surface area contributed by atoms with E-state index < -0.39 is 0 Å². The number of ether oxygens (including phenoxy) is 2. The van der Waals surface area contributed by atoms with E-state index in [9.17, 15) is 9.59 Å². The molecule has 1 aromatic rings.